The van der Waals surface area contributed by atoms with E-state index >= 15 is 0 Å². The molecule has 0 aromatic carbocycles. The summed E-state index contributed by atoms with van der Waals surface area (Å²) < 4.78 is 10.9. The zero-order valence-electron chi connectivity index (χ0n) is 21.5. The third-order valence-electron chi connectivity index (χ3n) is 10.4. The summed E-state index contributed by atoms with van der Waals surface area (Å²) in [6, 6.07) is 3.40. The number of hydrogen-bond acceptors (Lipinski definition) is 5. The number of allylic oxidation sites excluding steroid dienone is 1. The predicted octanol–water partition coefficient (Wildman–Crippen LogP) is 5.70. The van der Waals surface area contributed by atoms with E-state index in [0.717, 1.165) is 69.8 Å². The molecule has 192 valence electrons. The molecule has 0 radical (unpaired) electrons. The van der Waals surface area contributed by atoms with Gasteiger partial charge in [0.15, 0.2) is 0 Å². The Morgan fingerprint density at radius 3 is 2.71 bits per heavy atom. The van der Waals surface area contributed by atoms with E-state index in [9.17, 15) is 14.7 Å². The van der Waals surface area contributed by atoms with Gasteiger partial charge in [-0.2, -0.15) is 0 Å². The van der Waals surface area contributed by atoms with Gasteiger partial charge in [0.25, 0.3) is 0 Å². The first-order valence-corrected chi connectivity index (χ1v) is 13.7. The summed E-state index contributed by atoms with van der Waals surface area (Å²) in [7, 11) is 0. The molecule has 2 N–H and O–H groups in total. The van der Waals surface area contributed by atoms with Gasteiger partial charge in [-0.15, -0.1) is 0 Å². The largest absolute Gasteiger partial charge is 0.442 e. The van der Waals surface area contributed by atoms with Crippen molar-refractivity contribution >= 4 is 6.09 Å². The van der Waals surface area contributed by atoms with Crippen LogP contribution in [-0.2, 0) is 4.74 Å². The standard InChI is InChI=1S/C29H41NO5/c1-4-5-16-30-26(32)35-21-10-13-27(2)20(17-21)7-8-24-23(27)11-14-28(3)22(12-15-29(24,28)33)19-6-9-25(31)34-18-19/h6,9,17-18,21-24,33H,4-5,7-8,10-16H2,1-3H3,(H,30,32)/t21-,22+,23?,24?,27-,28+,29-/m0/s1. The highest BCUT2D eigenvalue weighted by Crippen LogP contribution is 2.70. The SMILES string of the molecule is CCCCNC(=O)O[C@@H]1C=C2CCC3C(CC[C@]4(C)[C@@H](c5ccc(=O)oc5)CC[C@]34O)[C@@]2(C)CC1. The van der Waals surface area contributed by atoms with Gasteiger partial charge in [0.1, 0.15) is 6.10 Å². The Balaban J connectivity index is 1.34. The van der Waals surface area contributed by atoms with E-state index in [2.05, 4.69) is 32.2 Å². The number of fused-ring (bicyclic) bond motifs is 5. The average molecular weight is 484 g/mol. The number of carbonyl (C=O) groups is 1. The first-order valence-electron chi connectivity index (χ1n) is 13.7. The van der Waals surface area contributed by atoms with E-state index in [-0.39, 0.29) is 40.5 Å². The Bertz CT molecular complexity index is 1030. The van der Waals surface area contributed by atoms with Crippen LogP contribution in [-0.4, -0.2) is 29.4 Å². The maximum atomic E-state index is 12.3. The normalized spacial score (nSPS) is 40.2. The molecule has 1 amide bonds. The Morgan fingerprint density at radius 2 is 1.97 bits per heavy atom. The van der Waals surface area contributed by atoms with Crippen LogP contribution in [0.3, 0.4) is 0 Å². The van der Waals surface area contributed by atoms with E-state index in [4.69, 9.17) is 9.15 Å². The number of ether oxygens (including phenoxy) is 1. The van der Waals surface area contributed by atoms with Crippen LogP contribution in [0.15, 0.2) is 39.3 Å². The molecule has 7 atom stereocenters. The van der Waals surface area contributed by atoms with Crippen LogP contribution in [0.4, 0.5) is 4.79 Å². The van der Waals surface area contributed by atoms with Crippen molar-refractivity contribution in [1.29, 1.82) is 0 Å². The average Bonchev–Trinajstić information content (AvgIpc) is 3.11. The molecule has 1 aromatic heterocycles. The molecule has 4 aliphatic rings. The number of nitrogens with one attached hydrogen (secondary N) is 1. The molecule has 35 heavy (non-hydrogen) atoms. The molecule has 1 aromatic rings. The highest BCUT2D eigenvalue weighted by atomic mass is 16.6. The van der Waals surface area contributed by atoms with Crippen LogP contribution >= 0.6 is 0 Å². The first-order chi connectivity index (χ1) is 16.7. The van der Waals surface area contributed by atoms with E-state index in [1.165, 1.54) is 11.6 Å². The molecule has 0 bridgehead atoms. The van der Waals surface area contributed by atoms with Gasteiger partial charge >= 0.3 is 11.7 Å². The second-order valence-electron chi connectivity index (χ2n) is 12.0. The van der Waals surface area contributed by atoms with E-state index < -0.39 is 5.60 Å². The fraction of sp³-hybridized carbons (Fsp3) is 0.724. The first kappa shape index (κ1) is 24.6. The van der Waals surface area contributed by atoms with Crippen molar-refractivity contribution in [3.05, 3.63) is 46.0 Å². The molecule has 3 fully saturated rings. The van der Waals surface area contributed by atoms with E-state index in [1.807, 2.05) is 6.07 Å². The summed E-state index contributed by atoms with van der Waals surface area (Å²) in [4.78, 5) is 23.7. The van der Waals surface area contributed by atoms with Crippen LogP contribution < -0.4 is 10.9 Å². The lowest BCUT2D eigenvalue weighted by molar-refractivity contribution is -0.178. The molecule has 3 saturated carbocycles. The number of hydrogen-bond donors (Lipinski definition) is 2. The molecule has 6 heteroatoms. The lowest BCUT2D eigenvalue weighted by atomic mass is 9.45. The van der Waals surface area contributed by atoms with E-state index in [0.29, 0.717) is 12.5 Å². The minimum atomic E-state index is -0.711. The van der Waals surface area contributed by atoms with Gasteiger partial charge in [0, 0.05) is 18.0 Å². The third-order valence-corrected chi connectivity index (χ3v) is 10.4. The lowest BCUT2D eigenvalue weighted by Gasteiger charge is -2.61. The van der Waals surface area contributed by atoms with Crippen LogP contribution in [0.5, 0.6) is 0 Å². The highest BCUT2D eigenvalue weighted by Gasteiger charge is 2.66. The van der Waals surface area contributed by atoms with Crippen LogP contribution in [0.25, 0.3) is 0 Å². The molecule has 4 aliphatic carbocycles. The number of carbonyl (C=O) groups excluding carboxylic acids is 1. The van der Waals surface area contributed by atoms with Crippen LogP contribution in [0.2, 0.25) is 0 Å². The molecule has 5 rings (SSSR count). The Kier molecular flexibility index (Phi) is 6.40. The second-order valence-corrected chi connectivity index (χ2v) is 12.0. The van der Waals surface area contributed by atoms with Gasteiger partial charge in [-0.25, -0.2) is 9.59 Å². The Hall–Kier alpha value is -2.08. The summed E-state index contributed by atoms with van der Waals surface area (Å²) in [6.45, 7) is 7.42. The second kappa shape index (κ2) is 9.10. The third kappa shape index (κ3) is 3.96. The Labute approximate surface area is 208 Å². The summed E-state index contributed by atoms with van der Waals surface area (Å²) >= 11 is 0. The highest BCUT2D eigenvalue weighted by molar-refractivity contribution is 5.67. The fourth-order valence-electron chi connectivity index (χ4n) is 8.41. The molecule has 2 unspecified atom stereocenters. The van der Waals surface area contributed by atoms with Crippen molar-refractivity contribution in [2.75, 3.05) is 6.54 Å². The minimum absolute atomic E-state index is 0.0517. The molecule has 0 aliphatic heterocycles. The molecule has 6 nitrogen and oxygen atoms in total. The number of amides is 1. The van der Waals surface area contributed by atoms with Gasteiger partial charge in [-0.3, -0.25) is 0 Å². The van der Waals surface area contributed by atoms with Gasteiger partial charge < -0.3 is 19.6 Å². The van der Waals surface area contributed by atoms with Gasteiger partial charge in [0.05, 0.1) is 11.9 Å². The number of aliphatic hydroxyl groups is 1. The van der Waals surface area contributed by atoms with Crippen molar-refractivity contribution in [1.82, 2.24) is 5.32 Å². The van der Waals surface area contributed by atoms with Crippen molar-refractivity contribution < 1.29 is 19.1 Å². The van der Waals surface area contributed by atoms with Crippen LogP contribution in [0.1, 0.15) is 96.5 Å². The predicted molar refractivity (Wildman–Crippen MR) is 134 cm³/mol. The zero-order chi connectivity index (χ0) is 24.8. The molecular formula is C29H41NO5. The fourth-order valence-corrected chi connectivity index (χ4v) is 8.41. The summed E-state index contributed by atoms with van der Waals surface area (Å²) in [5.74, 6) is 0.907. The number of rotatable bonds is 5. The molecule has 1 heterocycles. The Morgan fingerprint density at radius 1 is 1.14 bits per heavy atom. The van der Waals surface area contributed by atoms with Crippen molar-refractivity contribution in [3.8, 4) is 0 Å². The lowest BCUT2D eigenvalue weighted by Crippen LogP contribution is -2.60. The smallest absolute Gasteiger partial charge is 0.407 e. The van der Waals surface area contributed by atoms with Crippen molar-refractivity contribution in [3.63, 3.8) is 0 Å². The molecule has 0 spiro atoms. The van der Waals surface area contributed by atoms with Crippen LogP contribution in [0, 0.1) is 22.7 Å². The topological polar surface area (TPSA) is 88.8 Å². The summed E-state index contributed by atoms with van der Waals surface area (Å²) in [5, 5.41) is 15.2. The zero-order valence-corrected chi connectivity index (χ0v) is 21.5. The van der Waals surface area contributed by atoms with E-state index in [1.54, 1.807) is 6.26 Å². The van der Waals surface area contributed by atoms with Gasteiger partial charge in [0.2, 0.25) is 0 Å². The van der Waals surface area contributed by atoms with Crippen molar-refractivity contribution in [2.24, 2.45) is 22.7 Å². The maximum absolute atomic E-state index is 12.3. The monoisotopic (exact) mass is 483 g/mol. The van der Waals surface area contributed by atoms with Gasteiger partial charge in [-0.1, -0.05) is 32.8 Å². The molecular weight excluding hydrogens is 442 g/mol. The summed E-state index contributed by atoms with van der Waals surface area (Å²) in [5.41, 5.74) is 1.26. The summed E-state index contributed by atoms with van der Waals surface area (Å²) in [6.07, 6.45) is 12.9. The minimum Gasteiger partial charge on any atom is -0.442 e. The number of alkyl carbamates (subject to hydrolysis) is 1. The van der Waals surface area contributed by atoms with Gasteiger partial charge in [-0.05, 0) is 98.7 Å². The molecule has 0 saturated heterocycles. The quantitative estimate of drug-likeness (QED) is 0.414. The number of unbranched alkanes of at least 4 members (excludes halogenated alkanes) is 1. The van der Waals surface area contributed by atoms with Crippen molar-refractivity contribution in [2.45, 2.75) is 103 Å². The maximum Gasteiger partial charge on any atom is 0.407 e.